The molecule has 144 valence electrons. The third-order valence-corrected chi connectivity index (χ3v) is 5.39. The quantitative estimate of drug-likeness (QED) is 0.555. The van der Waals surface area contributed by atoms with Crippen LogP contribution in [0, 0.1) is 17.5 Å². The summed E-state index contributed by atoms with van der Waals surface area (Å²) in [6.45, 7) is 0. The molecule has 0 N–H and O–H groups in total. The lowest BCUT2D eigenvalue weighted by Crippen LogP contribution is -2.31. The third kappa shape index (κ3) is 3.56. The van der Waals surface area contributed by atoms with Gasteiger partial charge < -0.3 is 0 Å². The highest BCUT2D eigenvalue weighted by atomic mass is 32.2. The number of thioether (sulfide) groups is 1. The van der Waals surface area contributed by atoms with Gasteiger partial charge in [-0.1, -0.05) is 42.1 Å². The molecule has 0 fully saturated rings. The second-order valence-corrected chi connectivity index (χ2v) is 7.25. The van der Waals surface area contributed by atoms with Gasteiger partial charge in [-0.3, -0.25) is 9.59 Å². The fraction of sp³-hybridized carbons (Fsp3) is 0. The molecule has 0 bridgehead atoms. The van der Waals surface area contributed by atoms with Crippen LogP contribution in [0.4, 0.5) is 18.9 Å². The van der Waals surface area contributed by atoms with Crippen molar-refractivity contribution in [3.63, 3.8) is 0 Å². The van der Waals surface area contributed by atoms with Crippen molar-refractivity contribution in [2.24, 2.45) is 0 Å². The number of rotatable bonds is 4. The minimum Gasteiger partial charge on any atom is -0.268 e. The largest absolute Gasteiger partial charge is 0.272 e. The Bertz CT molecular complexity index is 1140. The average Bonchev–Trinajstić information content (AvgIpc) is 2.95. The lowest BCUT2D eigenvalue weighted by Gasteiger charge is -2.15. The van der Waals surface area contributed by atoms with Crippen molar-refractivity contribution in [2.45, 2.75) is 4.90 Å². The zero-order chi connectivity index (χ0) is 20.5. The molecule has 0 radical (unpaired) electrons. The van der Waals surface area contributed by atoms with E-state index in [9.17, 15) is 22.8 Å². The molecule has 3 aromatic carbocycles. The first-order chi connectivity index (χ1) is 14.0. The SMILES string of the molecule is O=C1C(Sc2ccccc2)=C(c2ccc(F)cc2)C(=O)N1c1ccc(F)c(F)c1. The van der Waals surface area contributed by atoms with Crippen molar-refractivity contribution in [3.8, 4) is 0 Å². The van der Waals surface area contributed by atoms with E-state index >= 15 is 0 Å². The van der Waals surface area contributed by atoms with Crippen molar-refractivity contribution in [1.29, 1.82) is 0 Å². The van der Waals surface area contributed by atoms with E-state index in [1.807, 2.05) is 6.07 Å². The summed E-state index contributed by atoms with van der Waals surface area (Å²) in [6, 6.07) is 16.9. The van der Waals surface area contributed by atoms with Gasteiger partial charge in [-0.15, -0.1) is 0 Å². The molecule has 1 heterocycles. The van der Waals surface area contributed by atoms with Gasteiger partial charge in [0.1, 0.15) is 5.82 Å². The van der Waals surface area contributed by atoms with E-state index in [0.717, 1.165) is 39.8 Å². The van der Waals surface area contributed by atoms with Crippen LogP contribution in [0.3, 0.4) is 0 Å². The highest BCUT2D eigenvalue weighted by Crippen LogP contribution is 2.41. The maximum atomic E-state index is 13.7. The Morgan fingerprint density at radius 3 is 2.07 bits per heavy atom. The number of hydrogen-bond acceptors (Lipinski definition) is 3. The molecule has 7 heteroatoms. The molecule has 0 spiro atoms. The number of carbonyl (C=O) groups excluding carboxylic acids is 2. The van der Waals surface area contributed by atoms with Crippen molar-refractivity contribution >= 4 is 34.8 Å². The van der Waals surface area contributed by atoms with Crippen molar-refractivity contribution in [2.75, 3.05) is 4.90 Å². The van der Waals surface area contributed by atoms with E-state index in [1.165, 1.54) is 24.3 Å². The second kappa shape index (κ2) is 7.60. The first-order valence-electron chi connectivity index (χ1n) is 8.52. The van der Waals surface area contributed by atoms with E-state index in [0.29, 0.717) is 5.56 Å². The van der Waals surface area contributed by atoms with Crippen LogP contribution in [0.25, 0.3) is 5.57 Å². The van der Waals surface area contributed by atoms with Crippen molar-refractivity contribution in [3.05, 3.63) is 101 Å². The van der Waals surface area contributed by atoms with Crippen molar-refractivity contribution in [1.82, 2.24) is 0 Å². The zero-order valence-electron chi connectivity index (χ0n) is 14.7. The molecule has 29 heavy (non-hydrogen) atoms. The molecule has 0 atom stereocenters. The number of carbonyl (C=O) groups is 2. The van der Waals surface area contributed by atoms with Crippen LogP contribution in [-0.2, 0) is 9.59 Å². The van der Waals surface area contributed by atoms with Crippen LogP contribution in [0.5, 0.6) is 0 Å². The van der Waals surface area contributed by atoms with Gasteiger partial charge in [-0.25, -0.2) is 18.1 Å². The van der Waals surface area contributed by atoms with Gasteiger partial charge >= 0.3 is 0 Å². The molecule has 0 saturated carbocycles. The molecule has 3 aromatic rings. The molecular weight excluding hydrogens is 399 g/mol. The molecular formula is C22H12F3NO2S. The Morgan fingerprint density at radius 1 is 0.724 bits per heavy atom. The fourth-order valence-corrected chi connectivity index (χ4v) is 3.96. The van der Waals surface area contributed by atoms with E-state index in [4.69, 9.17) is 0 Å². The van der Waals surface area contributed by atoms with E-state index in [-0.39, 0.29) is 16.2 Å². The smallest absolute Gasteiger partial charge is 0.268 e. The van der Waals surface area contributed by atoms with Crippen LogP contribution in [-0.4, -0.2) is 11.8 Å². The van der Waals surface area contributed by atoms with Gasteiger partial charge in [-0.2, -0.15) is 0 Å². The summed E-state index contributed by atoms with van der Waals surface area (Å²) in [4.78, 5) is 27.9. The maximum Gasteiger partial charge on any atom is 0.272 e. The molecule has 2 amide bonds. The van der Waals surface area contributed by atoms with Crippen LogP contribution >= 0.6 is 11.8 Å². The molecule has 3 nitrogen and oxygen atoms in total. The number of nitrogens with zero attached hydrogens (tertiary/aromatic N) is 1. The van der Waals surface area contributed by atoms with Crippen LogP contribution in [0.1, 0.15) is 5.56 Å². The summed E-state index contributed by atoms with van der Waals surface area (Å²) in [5, 5.41) is 0. The van der Waals surface area contributed by atoms with Gasteiger partial charge in [0.15, 0.2) is 11.6 Å². The Balaban J connectivity index is 1.83. The predicted octanol–water partition coefficient (Wildman–Crippen LogP) is 5.18. The number of hydrogen-bond donors (Lipinski definition) is 0. The number of anilines is 1. The number of benzene rings is 3. The standard InChI is InChI=1S/C22H12F3NO2S/c23-14-8-6-13(7-9-14)19-20(29-16-4-2-1-3-5-16)22(28)26(21(19)27)15-10-11-17(24)18(25)12-15/h1-12H. The van der Waals surface area contributed by atoms with Gasteiger partial charge in [-0.05, 0) is 42.0 Å². The maximum absolute atomic E-state index is 13.7. The monoisotopic (exact) mass is 411 g/mol. The van der Waals surface area contributed by atoms with Crippen molar-refractivity contribution < 1.29 is 22.8 Å². The molecule has 0 saturated heterocycles. The summed E-state index contributed by atoms with van der Waals surface area (Å²) in [5.41, 5.74) is 0.351. The van der Waals surface area contributed by atoms with E-state index in [2.05, 4.69) is 0 Å². The molecule has 0 aliphatic carbocycles. The summed E-state index contributed by atoms with van der Waals surface area (Å²) < 4.78 is 40.4. The third-order valence-electron chi connectivity index (χ3n) is 4.30. The second-order valence-electron chi connectivity index (χ2n) is 6.17. The summed E-state index contributed by atoms with van der Waals surface area (Å²) >= 11 is 1.08. The Hall–Kier alpha value is -3.32. The number of halogens is 3. The average molecular weight is 411 g/mol. The van der Waals surface area contributed by atoms with Gasteiger partial charge in [0, 0.05) is 11.0 Å². The first kappa shape index (κ1) is 19.0. The number of imide groups is 1. The fourth-order valence-electron chi connectivity index (χ4n) is 2.94. The van der Waals surface area contributed by atoms with Gasteiger partial charge in [0.25, 0.3) is 11.8 Å². The van der Waals surface area contributed by atoms with Crippen LogP contribution in [0.2, 0.25) is 0 Å². The summed E-state index contributed by atoms with van der Waals surface area (Å²) in [6.07, 6.45) is 0. The van der Waals surface area contributed by atoms with E-state index < -0.39 is 29.3 Å². The summed E-state index contributed by atoms with van der Waals surface area (Å²) in [7, 11) is 0. The summed E-state index contributed by atoms with van der Waals surface area (Å²) in [5.74, 6) is -4.09. The topological polar surface area (TPSA) is 37.4 Å². The Kier molecular flexibility index (Phi) is 4.98. The minimum atomic E-state index is -1.17. The van der Waals surface area contributed by atoms with Gasteiger partial charge in [0.05, 0.1) is 16.2 Å². The molecule has 1 aliphatic heterocycles. The van der Waals surface area contributed by atoms with Gasteiger partial charge in [0.2, 0.25) is 0 Å². The first-order valence-corrected chi connectivity index (χ1v) is 9.34. The Morgan fingerprint density at radius 2 is 1.41 bits per heavy atom. The molecule has 0 aromatic heterocycles. The normalized spacial score (nSPS) is 14.1. The highest BCUT2D eigenvalue weighted by Gasteiger charge is 2.40. The molecule has 0 unspecified atom stereocenters. The minimum absolute atomic E-state index is 0.0774. The zero-order valence-corrected chi connectivity index (χ0v) is 15.6. The van der Waals surface area contributed by atoms with Crippen LogP contribution in [0.15, 0.2) is 82.6 Å². The van der Waals surface area contributed by atoms with Crippen LogP contribution < -0.4 is 4.90 Å². The molecule has 1 aliphatic rings. The lowest BCUT2D eigenvalue weighted by atomic mass is 10.1. The molecule has 4 rings (SSSR count). The van der Waals surface area contributed by atoms with E-state index in [1.54, 1.807) is 24.3 Å². The predicted molar refractivity (Wildman–Crippen MR) is 104 cm³/mol. The highest BCUT2D eigenvalue weighted by molar-refractivity contribution is 8.04. The number of amides is 2. The Labute approximate surface area is 168 Å². The lowest BCUT2D eigenvalue weighted by molar-refractivity contribution is -0.119.